The molecule has 0 radical (unpaired) electrons. The van der Waals surface area contributed by atoms with Crippen molar-refractivity contribution >= 4 is 30.1 Å². The summed E-state index contributed by atoms with van der Waals surface area (Å²) in [4.78, 5) is 3.93. The quantitative estimate of drug-likeness (QED) is 0.827. The molecule has 0 bridgehead atoms. The van der Waals surface area contributed by atoms with Gasteiger partial charge in [-0.15, -0.1) is 12.4 Å². The van der Waals surface area contributed by atoms with Gasteiger partial charge in [0.15, 0.2) is 0 Å². The van der Waals surface area contributed by atoms with E-state index in [2.05, 4.69) is 4.98 Å². The van der Waals surface area contributed by atoms with E-state index in [1.165, 1.54) is 5.54 Å². The zero-order chi connectivity index (χ0) is 9.84. The Balaban J connectivity index is 0.00000169. The number of aliphatic hydroxyl groups excluding tert-OH is 1. The first-order valence-corrected chi connectivity index (χ1v) is 4.19. The summed E-state index contributed by atoms with van der Waals surface area (Å²) in [5.41, 5.74) is 2.88. The highest BCUT2D eigenvalue weighted by molar-refractivity contribution is 6.27. The summed E-state index contributed by atoms with van der Waals surface area (Å²) in [6, 6.07) is 0. The second-order valence-corrected chi connectivity index (χ2v) is 2.83. The van der Waals surface area contributed by atoms with Crippen molar-refractivity contribution in [2.45, 2.75) is 13.5 Å². The van der Waals surface area contributed by atoms with E-state index in [1.807, 2.05) is 0 Å². The molecule has 0 spiro atoms. The van der Waals surface area contributed by atoms with Crippen LogP contribution in [-0.2, 0) is 6.61 Å². The van der Waals surface area contributed by atoms with Crippen LogP contribution in [0.2, 0.25) is 0 Å². The average Bonchev–Trinajstić information content (AvgIpc) is 2.12. The van der Waals surface area contributed by atoms with Crippen LogP contribution < -0.4 is 0 Å². The van der Waals surface area contributed by atoms with Crippen LogP contribution in [0.25, 0.3) is 6.08 Å². The normalized spacial score (nSPS) is 10.2. The number of rotatable bonds is 2. The molecule has 2 N–H and O–H groups in total. The van der Waals surface area contributed by atoms with Crippen molar-refractivity contribution in [3.05, 3.63) is 28.6 Å². The summed E-state index contributed by atoms with van der Waals surface area (Å²) in [6.45, 7) is 1.44. The Bertz CT molecular complexity index is 340. The highest BCUT2D eigenvalue weighted by atomic mass is 35.5. The predicted octanol–water partition coefficient (Wildman–Crippen LogP) is 2.22. The maximum Gasteiger partial charge on any atom is 0.142 e. The van der Waals surface area contributed by atoms with E-state index in [0.29, 0.717) is 16.8 Å². The molecule has 14 heavy (non-hydrogen) atoms. The second-order valence-electron chi connectivity index (χ2n) is 2.58. The van der Waals surface area contributed by atoms with Gasteiger partial charge in [0.05, 0.1) is 12.3 Å². The van der Waals surface area contributed by atoms with Crippen molar-refractivity contribution in [1.29, 1.82) is 0 Å². The Morgan fingerprint density at radius 2 is 2.21 bits per heavy atom. The molecule has 5 heteroatoms. The fourth-order valence-corrected chi connectivity index (χ4v) is 1.17. The van der Waals surface area contributed by atoms with Gasteiger partial charge in [0.1, 0.15) is 5.75 Å². The van der Waals surface area contributed by atoms with Crippen molar-refractivity contribution in [3.8, 4) is 5.75 Å². The molecule has 1 aromatic heterocycles. The SMILES string of the molecule is Cc1ncc(C=CCl)c(CO)c1O.Cl. The number of hydrogen-bond acceptors (Lipinski definition) is 3. The summed E-state index contributed by atoms with van der Waals surface area (Å²) in [5.74, 6) is 0.0229. The van der Waals surface area contributed by atoms with E-state index in [9.17, 15) is 5.11 Å². The first-order chi connectivity index (χ1) is 6.20. The minimum atomic E-state index is -0.230. The van der Waals surface area contributed by atoms with Gasteiger partial charge < -0.3 is 10.2 Å². The summed E-state index contributed by atoms with van der Waals surface area (Å²) in [6.07, 6.45) is 3.12. The van der Waals surface area contributed by atoms with E-state index in [0.717, 1.165) is 0 Å². The monoisotopic (exact) mass is 235 g/mol. The molecule has 0 unspecified atom stereocenters. The largest absolute Gasteiger partial charge is 0.506 e. The lowest BCUT2D eigenvalue weighted by Crippen LogP contribution is -1.94. The highest BCUT2D eigenvalue weighted by Crippen LogP contribution is 2.24. The van der Waals surface area contributed by atoms with Crippen LogP contribution in [0.4, 0.5) is 0 Å². The summed E-state index contributed by atoms with van der Waals surface area (Å²) < 4.78 is 0. The van der Waals surface area contributed by atoms with Crippen LogP contribution >= 0.6 is 24.0 Å². The van der Waals surface area contributed by atoms with E-state index in [-0.39, 0.29) is 24.8 Å². The minimum absolute atomic E-state index is 0. The molecular formula is C9H11Cl2NO2. The molecule has 0 fully saturated rings. The molecule has 0 saturated carbocycles. The second kappa shape index (κ2) is 5.86. The number of aromatic nitrogens is 1. The van der Waals surface area contributed by atoms with Crippen molar-refractivity contribution in [1.82, 2.24) is 4.98 Å². The smallest absolute Gasteiger partial charge is 0.142 e. The molecule has 3 nitrogen and oxygen atoms in total. The van der Waals surface area contributed by atoms with Crippen LogP contribution in [0.1, 0.15) is 16.8 Å². The van der Waals surface area contributed by atoms with Crippen molar-refractivity contribution < 1.29 is 10.2 Å². The number of aryl methyl sites for hydroxylation is 1. The highest BCUT2D eigenvalue weighted by Gasteiger charge is 2.08. The van der Waals surface area contributed by atoms with Crippen molar-refractivity contribution in [2.24, 2.45) is 0 Å². The summed E-state index contributed by atoms with van der Waals surface area (Å²) in [5, 5.41) is 18.5. The van der Waals surface area contributed by atoms with Crippen LogP contribution in [0.3, 0.4) is 0 Å². The first kappa shape index (κ1) is 13.2. The average molecular weight is 236 g/mol. The molecule has 0 atom stereocenters. The predicted molar refractivity (Wildman–Crippen MR) is 58.7 cm³/mol. The number of aliphatic hydroxyl groups is 1. The summed E-state index contributed by atoms with van der Waals surface area (Å²) in [7, 11) is 0. The van der Waals surface area contributed by atoms with Crippen LogP contribution in [0, 0.1) is 6.92 Å². The number of halogens is 2. The third-order valence-electron chi connectivity index (χ3n) is 1.77. The molecule has 0 amide bonds. The maximum atomic E-state index is 9.51. The molecule has 0 aliphatic rings. The zero-order valence-corrected chi connectivity index (χ0v) is 9.14. The lowest BCUT2D eigenvalue weighted by molar-refractivity contribution is 0.274. The number of aromatic hydroxyl groups is 1. The summed E-state index contributed by atoms with van der Waals surface area (Å²) >= 11 is 5.39. The molecule has 1 rings (SSSR count). The maximum absolute atomic E-state index is 9.51. The molecule has 1 heterocycles. The third-order valence-corrected chi connectivity index (χ3v) is 1.90. The van der Waals surface area contributed by atoms with Crippen LogP contribution in [-0.4, -0.2) is 15.2 Å². The van der Waals surface area contributed by atoms with Gasteiger partial charge in [-0.05, 0) is 13.0 Å². The lowest BCUT2D eigenvalue weighted by Gasteiger charge is -2.06. The van der Waals surface area contributed by atoms with Gasteiger partial charge in [-0.1, -0.05) is 11.6 Å². The Kier molecular flexibility index (Phi) is 5.53. The Morgan fingerprint density at radius 3 is 2.71 bits per heavy atom. The molecule has 1 aromatic rings. The van der Waals surface area contributed by atoms with Gasteiger partial charge >= 0.3 is 0 Å². The van der Waals surface area contributed by atoms with Crippen LogP contribution in [0.15, 0.2) is 11.7 Å². The molecule has 0 saturated heterocycles. The van der Waals surface area contributed by atoms with Gasteiger partial charge in [-0.25, -0.2) is 0 Å². The van der Waals surface area contributed by atoms with Crippen LogP contribution in [0.5, 0.6) is 5.75 Å². The molecule has 0 aromatic carbocycles. The molecule has 0 aliphatic heterocycles. The van der Waals surface area contributed by atoms with E-state index < -0.39 is 0 Å². The molecule has 0 aliphatic carbocycles. The van der Waals surface area contributed by atoms with E-state index in [4.69, 9.17) is 16.7 Å². The fraction of sp³-hybridized carbons (Fsp3) is 0.222. The van der Waals surface area contributed by atoms with Gasteiger partial charge in [0.2, 0.25) is 0 Å². The standard InChI is InChI=1S/C9H10ClNO2.ClH/c1-6-9(13)8(5-12)7(2-3-10)4-11-6;/h2-4,12-13H,5H2,1H3;1H. The molecular weight excluding hydrogens is 225 g/mol. The Hall–Kier alpha value is -0.770. The number of pyridine rings is 1. The first-order valence-electron chi connectivity index (χ1n) is 3.75. The van der Waals surface area contributed by atoms with E-state index >= 15 is 0 Å². The van der Waals surface area contributed by atoms with Gasteiger partial charge in [-0.3, -0.25) is 4.98 Å². The minimum Gasteiger partial charge on any atom is -0.506 e. The number of hydrogen-bond donors (Lipinski definition) is 2. The van der Waals surface area contributed by atoms with Gasteiger partial charge in [0.25, 0.3) is 0 Å². The topological polar surface area (TPSA) is 53.4 Å². The van der Waals surface area contributed by atoms with Gasteiger partial charge in [0, 0.05) is 22.9 Å². The van der Waals surface area contributed by atoms with E-state index in [1.54, 1.807) is 19.2 Å². The lowest BCUT2D eigenvalue weighted by atomic mass is 10.1. The fourth-order valence-electron chi connectivity index (χ4n) is 1.04. The zero-order valence-electron chi connectivity index (χ0n) is 7.57. The number of nitrogens with zero attached hydrogens (tertiary/aromatic N) is 1. The Morgan fingerprint density at radius 1 is 1.57 bits per heavy atom. The molecule has 78 valence electrons. The van der Waals surface area contributed by atoms with Gasteiger partial charge in [-0.2, -0.15) is 0 Å². The third kappa shape index (κ3) is 2.61. The van der Waals surface area contributed by atoms with Crippen molar-refractivity contribution in [2.75, 3.05) is 0 Å². The van der Waals surface area contributed by atoms with Crippen molar-refractivity contribution in [3.63, 3.8) is 0 Å². The Labute approximate surface area is 93.5 Å².